The van der Waals surface area contributed by atoms with Gasteiger partial charge < -0.3 is 9.63 Å². The van der Waals surface area contributed by atoms with Gasteiger partial charge in [0.15, 0.2) is 5.60 Å². The second-order valence-electron chi connectivity index (χ2n) is 3.99. The normalized spacial score (nSPS) is 24.1. The monoisotopic (exact) mass is 249 g/mol. The zero-order valence-corrected chi connectivity index (χ0v) is 9.85. The van der Waals surface area contributed by atoms with Crippen molar-refractivity contribution in [3.8, 4) is 11.4 Å². The van der Waals surface area contributed by atoms with Crippen LogP contribution in [0.2, 0.25) is 0 Å². The molecule has 2 aromatic heterocycles. The van der Waals surface area contributed by atoms with Gasteiger partial charge in [0.25, 0.3) is 5.89 Å². The van der Waals surface area contributed by atoms with Crippen LogP contribution in [-0.4, -0.2) is 31.7 Å². The van der Waals surface area contributed by atoms with Gasteiger partial charge in [0.1, 0.15) is 0 Å². The third-order valence-electron chi connectivity index (χ3n) is 2.76. The Morgan fingerprint density at radius 2 is 2.18 bits per heavy atom. The molecule has 0 spiro atoms. The van der Waals surface area contributed by atoms with Gasteiger partial charge in [-0.2, -0.15) is 16.7 Å². The first-order valence-electron chi connectivity index (χ1n) is 5.33. The smallest absolute Gasteiger partial charge is 0.259 e. The van der Waals surface area contributed by atoms with E-state index in [9.17, 15) is 5.11 Å². The van der Waals surface area contributed by atoms with Crippen LogP contribution in [0.25, 0.3) is 11.4 Å². The molecule has 0 amide bonds. The van der Waals surface area contributed by atoms with Crippen LogP contribution in [0.4, 0.5) is 0 Å². The van der Waals surface area contributed by atoms with Crippen LogP contribution in [0.3, 0.4) is 0 Å². The van der Waals surface area contributed by atoms with Crippen LogP contribution in [0, 0.1) is 0 Å². The second-order valence-corrected chi connectivity index (χ2v) is 5.10. The molecule has 0 aliphatic carbocycles. The molecule has 17 heavy (non-hydrogen) atoms. The summed E-state index contributed by atoms with van der Waals surface area (Å²) in [5, 5.41) is 14.2. The second kappa shape index (κ2) is 4.12. The molecule has 1 N–H and O–H groups in total. The Morgan fingerprint density at radius 3 is 2.88 bits per heavy atom. The van der Waals surface area contributed by atoms with E-state index in [2.05, 4.69) is 15.1 Å². The molecule has 0 bridgehead atoms. The molecule has 88 valence electrons. The maximum Gasteiger partial charge on any atom is 0.259 e. The predicted octanol–water partition coefficient (Wildman–Crippen LogP) is 1.46. The number of hydrogen-bond donors (Lipinski definition) is 1. The molecule has 1 saturated heterocycles. The van der Waals surface area contributed by atoms with E-state index in [1.54, 1.807) is 24.2 Å². The number of aromatic nitrogens is 3. The number of aliphatic hydroxyl groups is 1. The Morgan fingerprint density at radius 1 is 1.35 bits per heavy atom. The zero-order valence-electron chi connectivity index (χ0n) is 9.04. The molecule has 0 aromatic carbocycles. The fourth-order valence-corrected chi connectivity index (χ4v) is 2.99. The maximum absolute atomic E-state index is 10.3. The maximum atomic E-state index is 10.3. The van der Waals surface area contributed by atoms with Crippen LogP contribution >= 0.6 is 11.8 Å². The predicted molar refractivity (Wildman–Crippen MR) is 63.4 cm³/mol. The van der Waals surface area contributed by atoms with Crippen molar-refractivity contribution in [2.75, 3.05) is 11.5 Å². The van der Waals surface area contributed by atoms with Crippen molar-refractivity contribution in [1.82, 2.24) is 15.1 Å². The lowest BCUT2D eigenvalue weighted by Crippen LogP contribution is -2.25. The van der Waals surface area contributed by atoms with Gasteiger partial charge in [-0.3, -0.25) is 4.98 Å². The van der Waals surface area contributed by atoms with Crippen molar-refractivity contribution in [1.29, 1.82) is 0 Å². The van der Waals surface area contributed by atoms with Gasteiger partial charge in [0, 0.05) is 23.7 Å². The SMILES string of the molecule is OC1(c2nc(-c3ccncc3)no2)CCSC1. The van der Waals surface area contributed by atoms with Gasteiger partial charge in [-0.15, -0.1) is 0 Å². The van der Waals surface area contributed by atoms with Crippen molar-refractivity contribution in [3.05, 3.63) is 30.4 Å². The lowest BCUT2D eigenvalue weighted by Gasteiger charge is -2.14. The van der Waals surface area contributed by atoms with Gasteiger partial charge in [0.2, 0.25) is 5.82 Å². The minimum absolute atomic E-state index is 0.314. The summed E-state index contributed by atoms with van der Waals surface area (Å²) in [5.41, 5.74) is -0.118. The van der Waals surface area contributed by atoms with Crippen LogP contribution in [0.5, 0.6) is 0 Å². The van der Waals surface area contributed by atoms with E-state index >= 15 is 0 Å². The molecule has 0 radical (unpaired) electrons. The number of hydrogen-bond acceptors (Lipinski definition) is 6. The van der Waals surface area contributed by atoms with Crippen molar-refractivity contribution >= 4 is 11.8 Å². The van der Waals surface area contributed by atoms with Crippen LogP contribution < -0.4 is 0 Å². The minimum atomic E-state index is -0.955. The third-order valence-corrected chi connectivity index (χ3v) is 3.94. The van der Waals surface area contributed by atoms with Crippen molar-refractivity contribution in [3.63, 3.8) is 0 Å². The summed E-state index contributed by atoms with van der Waals surface area (Å²) in [7, 11) is 0. The van der Waals surface area contributed by atoms with Crippen LogP contribution in [-0.2, 0) is 5.60 Å². The third kappa shape index (κ3) is 1.94. The summed E-state index contributed by atoms with van der Waals surface area (Å²) in [6, 6.07) is 3.62. The standard InChI is InChI=1S/C11H11N3O2S/c15-11(3-6-17-7-11)10-13-9(14-16-10)8-1-4-12-5-2-8/h1-2,4-5,15H,3,6-7H2. The molecule has 6 heteroatoms. The highest BCUT2D eigenvalue weighted by Crippen LogP contribution is 2.36. The molecular weight excluding hydrogens is 238 g/mol. The van der Waals surface area contributed by atoms with Gasteiger partial charge in [-0.05, 0) is 24.3 Å². The zero-order chi connectivity index (χ0) is 11.7. The lowest BCUT2D eigenvalue weighted by molar-refractivity contribution is 0.0307. The van der Waals surface area contributed by atoms with Crippen LogP contribution in [0.1, 0.15) is 12.3 Å². The van der Waals surface area contributed by atoms with E-state index in [1.165, 1.54) is 0 Å². The van der Waals surface area contributed by atoms with E-state index in [0.29, 0.717) is 23.9 Å². The lowest BCUT2D eigenvalue weighted by atomic mass is 10.0. The fourth-order valence-electron chi connectivity index (χ4n) is 1.75. The first-order valence-corrected chi connectivity index (χ1v) is 6.48. The molecule has 1 fully saturated rings. The highest BCUT2D eigenvalue weighted by Gasteiger charge is 2.39. The van der Waals surface area contributed by atoms with Crippen molar-refractivity contribution in [2.45, 2.75) is 12.0 Å². The largest absolute Gasteiger partial charge is 0.379 e. The number of thioether (sulfide) groups is 1. The highest BCUT2D eigenvalue weighted by molar-refractivity contribution is 7.99. The Hall–Kier alpha value is -1.40. The fraction of sp³-hybridized carbons (Fsp3) is 0.364. The summed E-state index contributed by atoms with van der Waals surface area (Å²) in [6.07, 6.45) is 4.01. The molecule has 1 aliphatic rings. The molecule has 1 unspecified atom stereocenters. The summed E-state index contributed by atoms with van der Waals surface area (Å²) in [4.78, 5) is 8.20. The van der Waals surface area contributed by atoms with E-state index in [4.69, 9.17) is 4.52 Å². The summed E-state index contributed by atoms with van der Waals surface area (Å²) in [5.74, 6) is 2.34. The van der Waals surface area contributed by atoms with E-state index in [-0.39, 0.29) is 0 Å². The molecule has 3 rings (SSSR count). The number of pyridine rings is 1. The molecule has 2 aromatic rings. The Balaban J connectivity index is 1.93. The Bertz CT molecular complexity index is 508. The van der Waals surface area contributed by atoms with Gasteiger partial charge >= 0.3 is 0 Å². The van der Waals surface area contributed by atoms with E-state index in [1.807, 2.05) is 12.1 Å². The summed E-state index contributed by atoms with van der Waals surface area (Å²) < 4.78 is 5.16. The van der Waals surface area contributed by atoms with Crippen molar-refractivity contribution < 1.29 is 9.63 Å². The summed E-state index contributed by atoms with van der Waals surface area (Å²) >= 11 is 1.69. The number of rotatable bonds is 2. The van der Waals surface area contributed by atoms with Gasteiger partial charge in [-0.1, -0.05) is 5.16 Å². The number of nitrogens with zero attached hydrogens (tertiary/aromatic N) is 3. The first-order chi connectivity index (χ1) is 8.28. The highest BCUT2D eigenvalue weighted by atomic mass is 32.2. The topological polar surface area (TPSA) is 72.0 Å². The average Bonchev–Trinajstić information content (AvgIpc) is 2.99. The van der Waals surface area contributed by atoms with E-state index < -0.39 is 5.60 Å². The quantitative estimate of drug-likeness (QED) is 0.868. The summed E-state index contributed by atoms with van der Waals surface area (Å²) in [6.45, 7) is 0. The van der Waals surface area contributed by atoms with Crippen LogP contribution in [0.15, 0.2) is 29.0 Å². The molecule has 0 saturated carbocycles. The molecule has 1 atom stereocenters. The molecular formula is C11H11N3O2S. The van der Waals surface area contributed by atoms with Gasteiger partial charge in [0.05, 0.1) is 0 Å². The van der Waals surface area contributed by atoms with Crippen molar-refractivity contribution in [2.24, 2.45) is 0 Å². The van der Waals surface area contributed by atoms with Gasteiger partial charge in [-0.25, -0.2) is 0 Å². The molecule has 5 nitrogen and oxygen atoms in total. The Kier molecular flexibility index (Phi) is 2.60. The molecule has 1 aliphatic heterocycles. The molecule has 3 heterocycles. The Labute approximate surface area is 102 Å². The average molecular weight is 249 g/mol. The minimum Gasteiger partial charge on any atom is -0.379 e. The first kappa shape index (κ1) is 10.7. The van der Waals surface area contributed by atoms with E-state index in [0.717, 1.165) is 11.3 Å².